The van der Waals surface area contributed by atoms with Gasteiger partial charge in [-0.15, -0.1) is 0 Å². The third-order valence-electron chi connectivity index (χ3n) is 2.62. The van der Waals surface area contributed by atoms with Gasteiger partial charge in [0, 0.05) is 19.3 Å². The van der Waals surface area contributed by atoms with Crippen molar-refractivity contribution in [2.45, 2.75) is 13.0 Å². The van der Waals surface area contributed by atoms with Gasteiger partial charge in [0.25, 0.3) is 5.91 Å². The molecule has 100 valence electrons. The maximum atomic E-state index is 11.5. The number of aromatic nitrogens is 2. The lowest BCUT2D eigenvalue weighted by molar-refractivity contribution is 0.0934. The molecule has 5 nitrogen and oxygen atoms in total. The minimum Gasteiger partial charge on any atom is -0.377 e. The summed E-state index contributed by atoms with van der Waals surface area (Å²) >= 11 is 0. The second-order valence-electron chi connectivity index (χ2n) is 4.13. The van der Waals surface area contributed by atoms with Crippen molar-refractivity contribution >= 4 is 5.91 Å². The van der Waals surface area contributed by atoms with E-state index >= 15 is 0 Å². The van der Waals surface area contributed by atoms with Crippen LogP contribution in [0, 0.1) is 0 Å². The molecular formula is C14H17N3O2. The standard InChI is InChI=1S/C14H17N3O2/c18-14(13-9-16-17-10-13)15-7-4-8-19-11-12-5-2-1-3-6-12/h1-3,5-6,9-10H,4,7-8,11H2,(H,15,18)(H,16,17). The van der Waals surface area contributed by atoms with Crippen LogP contribution in [0.15, 0.2) is 42.7 Å². The molecule has 2 aromatic rings. The molecule has 0 aliphatic heterocycles. The normalized spacial score (nSPS) is 10.3. The summed E-state index contributed by atoms with van der Waals surface area (Å²) in [5.74, 6) is -0.114. The second kappa shape index (κ2) is 7.33. The van der Waals surface area contributed by atoms with Gasteiger partial charge in [0.05, 0.1) is 18.4 Å². The number of carbonyl (C=O) groups is 1. The lowest BCUT2D eigenvalue weighted by atomic mass is 10.2. The molecule has 0 saturated carbocycles. The number of nitrogens with one attached hydrogen (secondary N) is 2. The highest BCUT2D eigenvalue weighted by Crippen LogP contribution is 2.00. The Labute approximate surface area is 112 Å². The SMILES string of the molecule is O=C(NCCCOCc1ccccc1)c1cn[nH]c1. The van der Waals surface area contributed by atoms with Gasteiger partial charge in [0.2, 0.25) is 0 Å². The van der Waals surface area contributed by atoms with Gasteiger partial charge in [-0.2, -0.15) is 5.10 Å². The molecule has 0 atom stereocenters. The predicted octanol–water partition coefficient (Wildman–Crippen LogP) is 1.75. The van der Waals surface area contributed by atoms with E-state index < -0.39 is 0 Å². The number of carbonyl (C=O) groups excluding carboxylic acids is 1. The Balaban J connectivity index is 1.54. The van der Waals surface area contributed by atoms with Crippen molar-refractivity contribution in [1.29, 1.82) is 0 Å². The molecule has 0 aliphatic rings. The van der Waals surface area contributed by atoms with E-state index in [1.54, 1.807) is 6.20 Å². The fourth-order valence-electron chi connectivity index (χ4n) is 1.62. The van der Waals surface area contributed by atoms with Gasteiger partial charge >= 0.3 is 0 Å². The number of amides is 1. The number of rotatable bonds is 7. The summed E-state index contributed by atoms with van der Waals surface area (Å²) in [6.45, 7) is 1.83. The zero-order valence-electron chi connectivity index (χ0n) is 10.6. The van der Waals surface area contributed by atoms with Crippen molar-refractivity contribution < 1.29 is 9.53 Å². The summed E-state index contributed by atoms with van der Waals surface area (Å²) in [5, 5.41) is 9.13. The minimum atomic E-state index is -0.114. The quantitative estimate of drug-likeness (QED) is 0.744. The van der Waals surface area contributed by atoms with Gasteiger partial charge in [-0.1, -0.05) is 30.3 Å². The van der Waals surface area contributed by atoms with Crippen molar-refractivity contribution in [3.05, 3.63) is 53.9 Å². The largest absolute Gasteiger partial charge is 0.377 e. The number of hydrogen-bond acceptors (Lipinski definition) is 3. The van der Waals surface area contributed by atoms with E-state index in [0.717, 1.165) is 12.0 Å². The molecule has 0 bridgehead atoms. The Morgan fingerprint density at radius 2 is 2.16 bits per heavy atom. The Morgan fingerprint density at radius 1 is 1.32 bits per heavy atom. The van der Waals surface area contributed by atoms with E-state index in [4.69, 9.17) is 4.74 Å². The lowest BCUT2D eigenvalue weighted by Crippen LogP contribution is -2.24. The van der Waals surface area contributed by atoms with E-state index in [-0.39, 0.29) is 5.91 Å². The van der Waals surface area contributed by atoms with E-state index in [0.29, 0.717) is 25.3 Å². The van der Waals surface area contributed by atoms with Crippen LogP contribution in [-0.4, -0.2) is 29.3 Å². The first-order chi connectivity index (χ1) is 9.36. The second-order valence-corrected chi connectivity index (χ2v) is 4.13. The van der Waals surface area contributed by atoms with Crippen LogP contribution < -0.4 is 5.32 Å². The molecule has 0 unspecified atom stereocenters. The zero-order chi connectivity index (χ0) is 13.3. The van der Waals surface area contributed by atoms with Gasteiger partial charge in [-0.05, 0) is 12.0 Å². The summed E-state index contributed by atoms with van der Waals surface area (Å²) in [6, 6.07) is 10.0. The number of ether oxygens (including phenoxy) is 1. The molecular weight excluding hydrogens is 242 g/mol. The van der Waals surface area contributed by atoms with Crippen molar-refractivity contribution in [3.63, 3.8) is 0 Å². The summed E-state index contributed by atoms with van der Waals surface area (Å²) in [4.78, 5) is 11.5. The fourth-order valence-corrected chi connectivity index (χ4v) is 1.62. The Hall–Kier alpha value is -2.14. The van der Waals surface area contributed by atoms with Crippen LogP contribution in [0.5, 0.6) is 0 Å². The molecule has 1 aromatic heterocycles. The molecule has 1 heterocycles. The molecule has 5 heteroatoms. The third kappa shape index (κ3) is 4.56. The highest BCUT2D eigenvalue weighted by molar-refractivity contribution is 5.93. The van der Waals surface area contributed by atoms with Crippen LogP contribution in [0.25, 0.3) is 0 Å². The van der Waals surface area contributed by atoms with Crippen LogP contribution in [-0.2, 0) is 11.3 Å². The van der Waals surface area contributed by atoms with Crippen molar-refractivity contribution in [2.75, 3.05) is 13.2 Å². The number of hydrogen-bond donors (Lipinski definition) is 2. The number of aromatic amines is 1. The highest BCUT2D eigenvalue weighted by atomic mass is 16.5. The third-order valence-corrected chi connectivity index (χ3v) is 2.62. The number of nitrogens with zero attached hydrogens (tertiary/aromatic N) is 1. The molecule has 2 N–H and O–H groups in total. The molecule has 2 rings (SSSR count). The zero-order valence-corrected chi connectivity index (χ0v) is 10.6. The van der Waals surface area contributed by atoms with E-state index in [9.17, 15) is 4.79 Å². The molecule has 1 amide bonds. The van der Waals surface area contributed by atoms with Crippen molar-refractivity contribution in [1.82, 2.24) is 15.5 Å². The molecule has 0 radical (unpaired) electrons. The predicted molar refractivity (Wildman–Crippen MR) is 71.6 cm³/mol. The summed E-state index contributed by atoms with van der Waals surface area (Å²) in [7, 11) is 0. The van der Waals surface area contributed by atoms with Gasteiger partial charge < -0.3 is 10.1 Å². The molecule has 19 heavy (non-hydrogen) atoms. The Morgan fingerprint density at radius 3 is 2.89 bits per heavy atom. The first kappa shape index (κ1) is 13.3. The average Bonchev–Trinajstić information content (AvgIpc) is 2.98. The highest BCUT2D eigenvalue weighted by Gasteiger charge is 2.04. The van der Waals surface area contributed by atoms with Gasteiger partial charge in [-0.25, -0.2) is 0 Å². The van der Waals surface area contributed by atoms with Crippen LogP contribution in [0.2, 0.25) is 0 Å². The molecule has 0 fully saturated rings. The Kier molecular flexibility index (Phi) is 5.13. The first-order valence-corrected chi connectivity index (χ1v) is 6.25. The smallest absolute Gasteiger partial charge is 0.254 e. The average molecular weight is 259 g/mol. The van der Waals surface area contributed by atoms with E-state index in [1.165, 1.54) is 6.20 Å². The van der Waals surface area contributed by atoms with Crippen molar-refractivity contribution in [3.8, 4) is 0 Å². The van der Waals surface area contributed by atoms with Crippen LogP contribution in [0.3, 0.4) is 0 Å². The monoisotopic (exact) mass is 259 g/mol. The van der Waals surface area contributed by atoms with Gasteiger partial charge in [-0.3, -0.25) is 9.89 Å². The maximum absolute atomic E-state index is 11.5. The van der Waals surface area contributed by atoms with Crippen LogP contribution in [0.1, 0.15) is 22.3 Å². The maximum Gasteiger partial charge on any atom is 0.254 e. The number of H-pyrrole nitrogens is 1. The summed E-state index contributed by atoms with van der Waals surface area (Å²) in [5.41, 5.74) is 1.70. The van der Waals surface area contributed by atoms with Crippen molar-refractivity contribution in [2.24, 2.45) is 0 Å². The number of benzene rings is 1. The summed E-state index contributed by atoms with van der Waals surface area (Å²) < 4.78 is 5.52. The Bertz CT molecular complexity index is 483. The molecule has 0 saturated heterocycles. The summed E-state index contributed by atoms with van der Waals surface area (Å²) in [6.07, 6.45) is 3.86. The fraction of sp³-hybridized carbons (Fsp3) is 0.286. The topological polar surface area (TPSA) is 67.0 Å². The minimum absolute atomic E-state index is 0.114. The molecule has 0 spiro atoms. The first-order valence-electron chi connectivity index (χ1n) is 6.25. The van der Waals surface area contributed by atoms with Crippen LogP contribution >= 0.6 is 0 Å². The van der Waals surface area contributed by atoms with E-state index in [1.807, 2.05) is 30.3 Å². The van der Waals surface area contributed by atoms with Gasteiger partial charge in [0.1, 0.15) is 0 Å². The van der Waals surface area contributed by atoms with Gasteiger partial charge in [0.15, 0.2) is 0 Å². The van der Waals surface area contributed by atoms with E-state index in [2.05, 4.69) is 15.5 Å². The molecule has 1 aromatic carbocycles. The van der Waals surface area contributed by atoms with Crippen LogP contribution in [0.4, 0.5) is 0 Å². The molecule has 0 aliphatic carbocycles. The lowest BCUT2D eigenvalue weighted by Gasteiger charge is -2.05.